The Morgan fingerprint density at radius 1 is 1.47 bits per heavy atom. The molecule has 0 heterocycles. The summed E-state index contributed by atoms with van der Waals surface area (Å²) < 4.78 is 1.03. The normalized spacial score (nSPS) is 12.5. The average Bonchev–Trinajstić information content (AvgIpc) is 2.17. The topological polar surface area (TPSA) is 12.0 Å². The first-order chi connectivity index (χ1) is 7.13. The van der Waals surface area contributed by atoms with Gasteiger partial charge in [-0.1, -0.05) is 31.9 Å². The van der Waals surface area contributed by atoms with Crippen LogP contribution in [-0.4, -0.2) is 6.54 Å². The zero-order chi connectivity index (χ0) is 11.3. The maximum absolute atomic E-state index is 5.87. The smallest absolute Gasteiger partial charge is 0.0485 e. The van der Waals surface area contributed by atoms with Gasteiger partial charge in [0.15, 0.2) is 0 Å². The van der Waals surface area contributed by atoms with E-state index in [-0.39, 0.29) is 0 Å². The Balaban J connectivity index is 2.50. The van der Waals surface area contributed by atoms with E-state index in [0.29, 0.717) is 5.92 Å². The molecule has 1 unspecified atom stereocenters. The summed E-state index contributed by atoms with van der Waals surface area (Å²) in [5, 5.41) is 4.18. The number of rotatable bonds is 5. The Labute approximate surface area is 105 Å². The van der Waals surface area contributed by atoms with Crippen LogP contribution in [0.5, 0.6) is 0 Å². The first-order valence-corrected chi connectivity index (χ1v) is 6.49. The van der Waals surface area contributed by atoms with Crippen molar-refractivity contribution in [3.63, 3.8) is 0 Å². The molecule has 1 nitrogen and oxygen atoms in total. The summed E-state index contributed by atoms with van der Waals surface area (Å²) in [5.41, 5.74) is 1.11. The SMILES string of the molecule is CCCC(C)CNc1ccc(Cl)cc1Br. The lowest BCUT2D eigenvalue weighted by atomic mass is 10.1. The van der Waals surface area contributed by atoms with E-state index in [2.05, 4.69) is 35.1 Å². The first-order valence-electron chi connectivity index (χ1n) is 5.32. The second-order valence-corrected chi connectivity index (χ2v) is 5.19. The van der Waals surface area contributed by atoms with Gasteiger partial charge in [0, 0.05) is 21.7 Å². The molecule has 1 aromatic carbocycles. The highest BCUT2D eigenvalue weighted by Gasteiger charge is 2.03. The van der Waals surface area contributed by atoms with Gasteiger partial charge in [0.05, 0.1) is 0 Å². The minimum atomic E-state index is 0.706. The molecule has 0 saturated carbocycles. The third kappa shape index (κ3) is 4.43. The van der Waals surface area contributed by atoms with Gasteiger partial charge in [0.25, 0.3) is 0 Å². The molecule has 0 amide bonds. The Hall–Kier alpha value is -0.210. The summed E-state index contributed by atoms with van der Waals surface area (Å²) in [5.74, 6) is 0.706. The number of nitrogens with one attached hydrogen (secondary N) is 1. The quantitative estimate of drug-likeness (QED) is 0.809. The van der Waals surface area contributed by atoms with Crippen LogP contribution in [0.15, 0.2) is 22.7 Å². The molecule has 1 atom stereocenters. The zero-order valence-electron chi connectivity index (χ0n) is 9.19. The predicted octanol–water partition coefficient (Wildman–Crippen LogP) is 4.95. The minimum Gasteiger partial charge on any atom is -0.384 e. The van der Waals surface area contributed by atoms with Crippen molar-refractivity contribution in [1.29, 1.82) is 0 Å². The molecule has 15 heavy (non-hydrogen) atoms. The van der Waals surface area contributed by atoms with Crippen LogP contribution in [0.25, 0.3) is 0 Å². The molecular weight excluding hydrogens is 273 g/mol. The van der Waals surface area contributed by atoms with E-state index >= 15 is 0 Å². The fraction of sp³-hybridized carbons (Fsp3) is 0.500. The van der Waals surface area contributed by atoms with Crippen LogP contribution in [0.1, 0.15) is 26.7 Å². The molecule has 3 heteroatoms. The number of hydrogen-bond donors (Lipinski definition) is 1. The highest BCUT2D eigenvalue weighted by Crippen LogP contribution is 2.26. The van der Waals surface area contributed by atoms with Crippen LogP contribution in [0.2, 0.25) is 5.02 Å². The van der Waals surface area contributed by atoms with Gasteiger partial charge in [-0.15, -0.1) is 0 Å². The van der Waals surface area contributed by atoms with Crippen LogP contribution in [-0.2, 0) is 0 Å². The van der Waals surface area contributed by atoms with Gasteiger partial charge >= 0.3 is 0 Å². The molecule has 84 valence electrons. The molecule has 1 N–H and O–H groups in total. The Morgan fingerprint density at radius 3 is 2.80 bits per heavy atom. The molecule has 0 aliphatic heterocycles. The Morgan fingerprint density at radius 2 is 2.20 bits per heavy atom. The van der Waals surface area contributed by atoms with Crippen LogP contribution in [0, 0.1) is 5.92 Å². The molecule has 0 fully saturated rings. The van der Waals surface area contributed by atoms with Crippen molar-refractivity contribution in [1.82, 2.24) is 0 Å². The van der Waals surface area contributed by atoms with Gasteiger partial charge in [-0.3, -0.25) is 0 Å². The van der Waals surface area contributed by atoms with Crippen LogP contribution < -0.4 is 5.32 Å². The molecule has 0 aliphatic rings. The monoisotopic (exact) mass is 289 g/mol. The molecule has 0 radical (unpaired) electrons. The van der Waals surface area contributed by atoms with Crippen molar-refractivity contribution in [2.45, 2.75) is 26.7 Å². The summed E-state index contributed by atoms with van der Waals surface area (Å²) in [6.07, 6.45) is 2.50. The van der Waals surface area contributed by atoms with E-state index in [0.717, 1.165) is 21.7 Å². The molecule has 0 aromatic heterocycles. The van der Waals surface area contributed by atoms with Gasteiger partial charge in [0.2, 0.25) is 0 Å². The lowest BCUT2D eigenvalue weighted by Gasteiger charge is -2.13. The van der Waals surface area contributed by atoms with E-state index in [1.165, 1.54) is 12.8 Å². The van der Waals surface area contributed by atoms with Gasteiger partial charge < -0.3 is 5.32 Å². The van der Waals surface area contributed by atoms with Crippen molar-refractivity contribution >= 4 is 33.2 Å². The average molecular weight is 291 g/mol. The van der Waals surface area contributed by atoms with E-state index in [9.17, 15) is 0 Å². The van der Waals surface area contributed by atoms with E-state index in [1.54, 1.807) is 0 Å². The van der Waals surface area contributed by atoms with E-state index in [4.69, 9.17) is 11.6 Å². The van der Waals surface area contributed by atoms with E-state index < -0.39 is 0 Å². The van der Waals surface area contributed by atoms with Gasteiger partial charge in [-0.25, -0.2) is 0 Å². The Kier molecular flexibility index (Phi) is 5.48. The molecule has 0 aliphatic carbocycles. The van der Waals surface area contributed by atoms with Crippen LogP contribution in [0.3, 0.4) is 0 Å². The standard InChI is InChI=1S/C12H17BrClN/c1-3-4-9(2)8-15-12-6-5-10(14)7-11(12)13/h5-7,9,15H,3-4,8H2,1-2H3. The fourth-order valence-electron chi connectivity index (χ4n) is 1.51. The van der Waals surface area contributed by atoms with Crippen LogP contribution >= 0.6 is 27.5 Å². The van der Waals surface area contributed by atoms with Crippen molar-refractivity contribution in [3.05, 3.63) is 27.7 Å². The number of hydrogen-bond acceptors (Lipinski definition) is 1. The summed E-state index contributed by atoms with van der Waals surface area (Å²) in [6.45, 7) is 5.49. The number of benzene rings is 1. The largest absolute Gasteiger partial charge is 0.384 e. The number of halogens is 2. The summed E-state index contributed by atoms with van der Waals surface area (Å²) >= 11 is 9.36. The molecule has 0 saturated heterocycles. The zero-order valence-corrected chi connectivity index (χ0v) is 11.5. The van der Waals surface area contributed by atoms with Crippen molar-refractivity contribution < 1.29 is 0 Å². The summed E-state index contributed by atoms with van der Waals surface area (Å²) in [6, 6.07) is 5.82. The summed E-state index contributed by atoms with van der Waals surface area (Å²) in [7, 11) is 0. The number of anilines is 1. The molecular formula is C12H17BrClN. The molecule has 0 spiro atoms. The van der Waals surface area contributed by atoms with E-state index in [1.807, 2.05) is 18.2 Å². The fourth-order valence-corrected chi connectivity index (χ4v) is 2.33. The molecule has 1 rings (SSSR count). The van der Waals surface area contributed by atoms with Crippen molar-refractivity contribution in [2.24, 2.45) is 5.92 Å². The first kappa shape index (κ1) is 12.9. The Bertz CT molecular complexity index is 314. The summed E-state index contributed by atoms with van der Waals surface area (Å²) in [4.78, 5) is 0. The maximum atomic E-state index is 5.87. The van der Waals surface area contributed by atoms with Crippen molar-refractivity contribution in [2.75, 3.05) is 11.9 Å². The predicted molar refractivity (Wildman–Crippen MR) is 71.7 cm³/mol. The third-order valence-corrected chi connectivity index (χ3v) is 3.24. The molecule has 1 aromatic rings. The maximum Gasteiger partial charge on any atom is 0.0485 e. The van der Waals surface area contributed by atoms with Gasteiger partial charge in [-0.2, -0.15) is 0 Å². The second-order valence-electron chi connectivity index (χ2n) is 3.90. The highest BCUT2D eigenvalue weighted by atomic mass is 79.9. The lowest BCUT2D eigenvalue weighted by Crippen LogP contribution is -2.11. The minimum absolute atomic E-state index is 0.706. The lowest BCUT2D eigenvalue weighted by molar-refractivity contribution is 0.550. The van der Waals surface area contributed by atoms with Gasteiger partial charge in [0.1, 0.15) is 0 Å². The highest BCUT2D eigenvalue weighted by molar-refractivity contribution is 9.10. The molecule has 0 bridgehead atoms. The third-order valence-electron chi connectivity index (χ3n) is 2.35. The van der Waals surface area contributed by atoms with Gasteiger partial charge in [-0.05, 0) is 46.5 Å². The van der Waals surface area contributed by atoms with Crippen molar-refractivity contribution in [3.8, 4) is 0 Å². The van der Waals surface area contributed by atoms with Crippen LogP contribution in [0.4, 0.5) is 5.69 Å². The second kappa shape index (κ2) is 6.39.